The van der Waals surface area contributed by atoms with Crippen LogP contribution in [0.4, 0.5) is 18.9 Å². The molecule has 0 spiro atoms. The third-order valence-corrected chi connectivity index (χ3v) is 8.27. The molecule has 1 aliphatic heterocycles. The van der Waals surface area contributed by atoms with Crippen LogP contribution < -0.4 is 9.04 Å². The summed E-state index contributed by atoms with van der Waals surface area (Å²) < 4.78 is 66.4. The lowest BCUT2D eigenvalue weighted by atomic mass is 9.88. The minimum Gasteiger partial charge on any atom is -0.406 e. The number of fused-ring (bicyclic) bond motifs is 1. The highest BCUT2D eigenvalue weighted by atomic mass is 32.2. The molecule has 5 rings (SSSR count). The van der Waals surface area contributed by atoms with Gasteiger partial charge in [0.25, 0.3) is 11.3 Å². The highest BCUT2D eigenvalue weighted by Crippen LogP contribution is 2.31. The van der Waals surface area contributed by atoms with Gasteiger partial charge in [-0.05, 0) is 84.4 Å². The summed E-state index contributed by atoms with van der Waals surface area (Å²) in [6.07, 6.45) is -2.34. The number of hydrogen-bond acceptors (Lipinski definition) is 3. The fraction of sp³-hybridized carbons (Fsp3) is 0.290. The Morgan fingerprint density at radius 3 is 2.20 bits per heavy atom. The first-order valence-corrected chi connectivity index (χ1v) is 14.3. The van der Waals surface area contributed by atoms with Crippen LogP contribution in [0.5, 0.6) is 5.75 Å². The Morgan fingerprint density at radius 2 is 1.55 bits per heavy atom. The van der Waals surface area contributed by atoms with E-state index in [-0.39, 0.29) is 18.3 Å². The van der Waals surface area contributed by atoms with Crippen molar-refractivity contribution in [2.24, 2.45) is 0 Å². The van der Waals surface area contributed by atoms with Crippen LogP contribution >= 0.6 is 0 Å². The fourth-order valence-corrected chi connectivity index (χ4v) is 6.11. The molecule has 2 atom stereocenters. The Kier molecular flexibility index (Phi) is 8.73. The Labute approximate surface area is 234 Å². The quantitative estimate of drug-likeness (QED) is 0.218. The zero-order valence-electron chi connectivity index (χ0n) is 21.8. The third kappa shape index (κ3) is 7.21. The Balaban J connectivity index is 1.38. The van der Waals surface area contributed by atoms with Crippen LogP contribution in [0.15, 0.2) is 97.1 Å². The summed E-state index contributed by atoms with van der Waals surface area (Å²) in [5, 5.41) is 2.01. The normalized spacial score (nSPS) is 16.5. The topological polar surface area (TPSA) is 53.0 Å². The summed E-state index contributed by atoms with van der Waals surface area (Å²) in [6, 6.07) is 29.7. The molecule has 40 heavy (non-hydrogen) atoms. The molecule has 1 heterocycles. The van der Waals surface area contributed by atoms with Gasteiger partial charge in [-0.25, -0.2) is 4.21 Å². The number of alkyl halides is 3. The van der Waals surface area contributed by atoms with Crippen molar-refractivity contribution in [3.63, 3.8) is 0 Å². The van der Waals surface area contributed by atoms with Crippen molar-refractivity contribution in [2.45, 2.75) is 37.6 Å². The van der Waals surface area contributed by atoms with Gasteiger partial charge in [0, 0.05) is 12.6 Å². The summed E-state index contributed by atoms with van der Waals surface area (Å²) in [5.74, 6) is 0.172. The zero-order valence-corrected chi connectivity index (χ0v) is 22.7. The second-order valence-electron chi connectivity index (χ2n) is 10.1. The molecular weight excluding hydrogens is 537 g/mol. The lowest BCUT2D eigenvalue weighted by molar-refractivity contribution is -0.274. The van der Waals surface area contributed by atoms with E-state index in [1.54, 1.807) is 12.1 Å². The number of piperidine rings is 1. The largest absolute Gasteiger partial charge is 0.573 e. The molecule has 0 radical (unpaired) electrons. The molecule has 2 unspecified atom stereocenters. The van der Waals surface area contributed by atoms with Crippen LogP contribution in [0.2, 0.25) is 0 Å². The molecule has 0 amide bonds. The van der Waals surface area contributed by atoms with Crippen molar-refractivity contribution < 1.29 is 26.7 Å². The Bertz CT molecular complexity index is 1430. The van der Waals surface area contributed by atoms with Crippen LogP contribution in [0.3, 0.4) is 0 Å². The molecule has 9 heteroatoms. The van der Waals surface area contributed by atoms with Gasteiger partial charge in [-0.15, -0.1) is 13.2 Å². The number of likely N-dealkylation sites (tertiary alicyclic amines) is 1. The highest BCUT2D eigenvalue weighted by Gasteiger charge is 2.32. The van der Waals surface area contributed by atoms with E-state index in [2.05, 4.69) is 33.9 Å². The van der Waals surface area contributed by atoms with E-state index in [4.69, 9.17) is 0 Å². The number of ether oxygens (including phenoxy) is 1. The molecule has 1 aliphatic rings. The van der Waals surface area contributed by atoms with Crippen LogP contribution in [0.1, 0.15) is 29.9 Å². The average Bonchev–Trinajstić information content (AvgIpc) is 2.95. The molecule has 0 aliphatic carbocycles. The molecule has 5 nitrogen and oxygen atoms in total. The fourth-order valence-electron chi connectivity index (χ4n) is 5.51. The molecule has 0 bridgehead atoms. The maximum Gasteiger partial charge on any atom is 0.573 e. The van der Waals surface area contributed by atoms with Gasteiger partial charge in [0.1, 0.15) is 5.75 Å². The first kappa shape index (κ1) is 28.1. The summed E-state index contributed by atoms with van der Waals surface area (Å²) in [7, 11) is 0. The number of halogens is 3. The Morgan fingerprint density at radius 1 is 0.900 bits per heavy atom. The van der Waals surface area contributed by atoms with E-state index in [1.165, 1.54) is 22.0 Å². The molecule has 1 saturated heterocycles. The van der Waals surface area contributed by atoms with Crippen molar-refractivity contribution >= 4 is 27.7 Å². The predicted molar refractivity (Wildman–Crippen MR) is 153 cm³/mol. The number of benzene rings is 4. The molecule has 1 N–H and O–H groups in total. The average molecular weight is 569 g/mol. The number of rotatable bonds is 9. The smallest absolute Gasteiger partial charge is 0.406 e. The van der Waals surface area contributed by atoms with Gasteiger partial charge in [-0.3, -0.25) is 13.8 Å². The van der Waals surface area contributed by atoms with Crippen molar-refractivity contribution in [3.05, 3.63) is 108 Å². The summed E-state index contributed by atoms with van der Waals surface area (Å²) in [5.41, 5.74) is 2.78. The van der Waals surface area contributed by atoms with Gasteiger partial charge >= 0.3 is 6.36 Å². The summed E-state index contributed by atoms with van der Waals surface area (Å²) >= 11 is -2.27. The highest BCUT2D eigenvalue weighted by molar-refractivity contribution is 7.80. The van der Waals surface area contributed by atoms with Crippen molar-refractivity contribution in [3.8, 4) is 5.75 Å². The SMILES string of the molecule is O=S(O)N(CC(Cc1ccc(OC(F)(F)F)cc1)N1CCC(c2ccccc2)CC1)c1ccc2ccccc2c1. The zero-order chi connectivity index (χ0) is 28.1. The first-order chi connectivity index (χ1) is 19.2. The summed E-state index contributed by atoms with van der Waals surface area (Å²) in [6.45, 7) is 1.89. The van der Waals surface area contributed by atoms with Crippen molar-refractivity contribution in [1.29, 1.82) is 0 Å². The first-order valence-electron chi connectivity index (χ1n) is 13.3. The van der Waals surface area contributed by atoms with Gasteiger partial charge in [0.15, 0.2) is 0 Å². The maximum absolute atomic E-state index is 12.6. The van der Waals surface area contributed by atoms with Gasteiger partial charge in [0.05, 0.1) is 5.69 Å². The summed E-state index contributed by atoms with van der Waals surface area (Å²) in [4.78, 5) is 2.33. The number of nitrogens with zero attached hydrogens (tertiary/aromatic N) is 2. The minimum absolute atomic E-state index is 0.145. The standard InChI is InChI=1S/C31H31F3N2O3S/c32-31(33,34)39-30-14-10-23(11-15-30)20-29(35-18-16-26(17-19-35)24-6-2-1-3-7-24)22-36(40(37)38)28-13-12-25-8-4-5-9-27(25)21-28/h1-15,21,26,29H,16-20,22H2,(H,37,38). The van der Waals surface area contributed by atoms with E-state index in [0.717, 1.165) is 42.3 Å². The molecule has 210 valence electrons. The lowest BCUT2D eigenvalue weighted by Gasteiger charge is -2.39. The lowest BCUT2D eigenvalue weighted by Crippen LogP contribution is -2.48. The number of anilines is 1. The van der Waals surface area contributed by atoms with Gasteiger partial charge in [-0.1, -0.05) is 72.8 Å². The van der Waals surface area contributed by atoms with E-state index in [1.807, 2.05) is 48.5 Å². The molecule has 0 aromatic heterocycles. The van der Waals surface area contributed by atoms with Crippen molar-refractivity contribution in [1.82, 2.24) is 4.90 Å². The number of hydrogen-bond donors (Lipinski definition) is 1. The molecule has 4 aromatic carbocycles. The van der Waals surface area contributed by atoms with Crippen LogP contribution in [-0.4, -0.2) is 45.7 Å². The van der Waals surface area contributed by atoms with Gasteiger partial charge in [0.2, 0.25) is 0 Å². The molecule has 0 saturated carbocycles. The van der Waals surface area contributed by atoms with Crippen LogP contribution in [0, 0.1) is 0 Å². The van der Waals surface area contributed by atoms with Gasteiger partial charge < -0.3 is 4.74 Å². The minimum atomic E-state index is -4.75. The van der Waals surface area contributed by atoms with Crippen LogP contribution in [0.25, 0.3) is 10.8 Å². The Hall–Kier alpha value is -3.40. The monoisotopic (exact) mass is 568 g/mol. The maximum atomic E-state index is 12.6. The van der Waals surface area contributed by atoms with E-state index < -0.39 is 17.6 Å². The second-order valence-corrected chi connectivity index (χ2v) is 11.0. The molecule has 4 aromatic rings. The molecular formula is C31H31F3N2O3S. The van der Waals surface area contributed by atoms with Crippen LogP contribution in [-0.2, 0) is 17.7 Å². The molecule has 1 fully saturated rings. The van der Waals surface area contributed by atoms with E-state index in [9.17, 15) is 21.9 Å². The van der Waals surface area contributed by atoms with Gasteiger partial charge in [-0.2, -0.15) is 0 Å². The van der Waals surface area contributed by atoms with E-state index in [0.29, 0.717) is 18.0 Å². The van der Waals surface area contributed by atoms with E-state index >= 15 is 0 Å². The second kappa shape index (κ2) is 12.4. The third-order valence-electron chi connectivity index (χ3n) is 7.53. The van der Waals surface area contributed by atoms with Crippen molar-refractivity contribution in [2.75, 3.05) is 23.9 Å². The predicted octanol–water partition coefficient (Wildman–Crippen LogP) is 7.17.